The van der Waals surface area contributed by atoms with Gasteiger partial charge in [0.2, 0.25) is 0 Å². The molecule has 1 saturated heterocycles. The molecule has 0 amide bonds. The van der Waals surface area contributed by atoms with E-state index in [4.69, 9.17) is 4.98 Å². The molecule has 102 valence electrons. The van der Waals surface area contributed by atoms with Crippen LogP contribution in [0.25, 0.3) is 10.2 Å². The van der Waals surface area contributed by atoms with E-state index in [1.807, 2.05) is 11.3 Å². The van der Waals surface area contributed by atoms with Gasteiger partial charge in [-0.3, -0.25) is 4.90 Å². The number of hydrogen-bond donors (Lipinski definition) is 0. The second-order valence-corrected chi connectivity index (χ2v) is 7.12. The first-order valence-corrected chi connectivity index (χ1v) is 7.71. The van der Waals surface area contributed by atoms with Crippen molar-refractivity contribution in [3.8, 4) is 0 Å². The summed E-state index contributed by atoms with van der Waals surface area (Å²) in [7, 11) is 0. The Hall–Kier alpha value is -1.13. The van der Waals surface area contributed by atoms with Gasteiger partial charge in [0.15, 0.2) is 5.13 Å². The largest absolute Gasteiger partial charge is 0.345 e. The quantitative estimate of drug-likeness (QED) is 0.796. The van der Waals surface area contributed by atoms with E-state index in [2.05, 4.69) is 54.8 Å². The lowest BCUT2D eigenvalue weighted by Gasteiger charge is -2.42. The van der Waals surface area contributed by atoms with Gasteiger partial charge in [-0.2, -0.15) is 0 Å². The molecule has 0 radical (unpaired) electrons. The van der Waals surface area contributed by atoms with Gasteiger partial charge in [0.25, 0.3) is 0 Å². The molecule has 0 saturated carbocycles. The van der Waals surface area contributed by atoms with Crippen LogP contribution in [0.1, 0.15) is 20.8 Å². The predicted molar refractivity (Wildman–Crippen MR) is 83.2 cm³/mol. The van der Waals surface area contributed by atoms with Gasteiger partial charge in [-0.1, -0.05) is 23.5 Å². The molecule has 19 heavy (non-hydrogen) atoms. The van der Waals surface area contributed by atoms with Gasteiger partial charge in [-0.25, -0.2) is 4.98 Å². The Labute approximate surface area is 118 Å². The first-order chi connectivity index (χ1) is 9.04. The number of anilines is 1. The Morgan fingerprint density at radius 2 is 1.74 bits per heavy atom. The maximum atomic E-state index is 4.75. The van der Waals surface area contributed by atoms with Gasteiger partial charge in [0.1, 0.15) is 0 Å². The smallest absolute Gasteiger partial charge is 0.186 e. The lowest BCUT2D eigenvalue weighted by molar-refractivity contribution is 0.128. The van der Waals surface area contributed by atoms with Crippen molar-refractivity contribution in [1.29, 1.82) is 0 Å². The second kappa shape index (κ2) is 4.76. The number of thiazole rings is 1. The van der Waals surface area contributed by atoms with Gasteiger partial charge in [-0.05, 0) is 32.9 Å². The van der Waals surface area contributed by atoms with Crippen molar-refractivity contribution in [3.05, 3.63) is 24.3 Å². The zero-order chi connectivity index (χ0) is 13.5. The van der Waals surface area contributed by atoms with Crippen LogP contribution >= 0.6 is 11.3 Å². The molecule has 3 nitrogen and oxygen atoms in total. The standard InChI is InChI=1S/C15H21N3S/c1-15(2,3)18-10-8-17(9-11-18)14-16-12-6-4-5-7-13(12)19-14/h4-7H,8-11H2,1-3H3. The average molecular weight is 275 g/mol. The van der Waals surface area contributed by atoms with Crippen LogP contribution in [-0.4, -0.2) is 41.6 Å². The number of hydrogen-bond acceptors (Lipinski definition) is 4. The molecular formula is C15H21N3S. The van der Waals surface area contributed by atoms with Crippen LogP contribution in [-0.2, 0) is 0 Å². The lowest BCUT2D eigenvalue weighted by Crippen LogP contribution is -2.53. The van der Waals surface area contributed by atoms with Crippen molar-refractivity contribution in [2.24, 2.45) is 0 Å². The van der Waals surface area contributed by atoms with Crippen LogP contribution in [0, 0.1) is 0 Å². The average Bonchev–Trinajstić information content (AvgIpc) is 2.81. The Kier molecular flexibility index (Phi) is 3.23. The molecule has 4 heteroatoms. The number of fused-ring (bicyclic) bond motifs is 1. The van der Waals surface area contributed by atoms with Crippen molar-refractivity contribution in [2.75, 3.05) is 31.1 Å². The fraction of sp³-hybridized carbons (Fsp3) is 0.533. The summed E-state index contributed by atoms with van der Waals surface area (Å²) in [4.78, 5) is 9.73. The SMILES string of the molecule is CC(C)(C)N1CCN(c2nc3ccccc3s2)CC1. The number of benzene rings is 1. The molecule has 3 rings (SSSR count). The summed E-state index contributed by atoms with van der Waals surface area (Å²) >= 11 is 1.81. The summed E-state index contributed by atoms with van der Waals surface area (Å²) in [5.41, 5.74) is 1.40. The Morgan fingerprint density at radius 1 is 1.05 bits per heavy atom. The van der Waals surface area contributed by atoms with Crippen molar-refractivity contribution in [1.82, 2.24) is 9.88 Å². The van der Waals surface area contributed by atoms with Crippen LogP contribution in [0.5, 0.6) is 0 Å². The molecule has 1 aromatic heterocycles. The number of aromatic nitrogens is 1. The molecule has 0 atom stereocenters. The van der Waals surface area contributed by atoms with Gasteiger partial charge < -0.3 is 4.90 Å². The molecule has 1 aromatic carbocycles. The Balaban J connectivity index is 1.74. The third-order valence-corrected chi connectivity index (χ3v) is 4.88. The normalized spacial score (nSPS) is 18.2. The minimum absolute atomic E-state index is 0.277. The third-order valence-electron chi connectivity index (χ3n) is 3.78. The fourth-order valence-electron chi connectivity index (χ4n) is 2.56. The molecule has 1 fully saturated rings. The summed E-state index contributed by atoms with van der Waals surface area (Å²) in [6.45, 7) is 11.3. The highest BCUT2D eigenvalue weighted by Gasteiger charge is 2.26. The zero-order valence-corrected chi connectivity index (χ0v) is 12.7. The van der Waals surface area contributed by atoms with Crippen LogP contribution in [0.2, 0.25) is 0 Å². The van der Waals surface area contributed by atoms with Crippen molar-refractivity contribution in [3.63, 3.8) is 0 Å². The van der Waals surface area contributed by atoms with Crippen molar-refractivity contribution < 1.29 is 0 Å². The van der Waals surface area contributed by atoms with E-state index in [1.165, 1.54) is 9.83 Å². The van der Waals surface area contributed by atoms with Crippen LogP contribution in [0.15, 0.2) is 24.3 Å². The van der Waals surface area contributed by atoms with E-state index in [-0.39, 0.29) is 5.54 Å². The molecule has 1 aliphatic rings. The molecule has 0 aliphatic carbocycles. The number of nitrogens with zero attached hydrogens (tertiary/aromatic N) is 3. The third kappa shape index (κ3) is 2.60. The van der Waals surface area contributed by atoms with Gasteiger partial charge in [-0.15, -0.1) is 0 Å². The Bertz CT molecular complexity index is 529. The summed E-state index contributed by atoms with van der Waals surface area (Å²) in [5.74, 6) is 0. The highest BCUT2D eigenvalue weighted by atomic mass is 32.1. The van der Waals surface area contributed by atoms with E-state index in [0.29, 0.717) is 0 Å². The minimum atomic E-state index is 0.277. The van der Waals surface area contributed by atoms with E-state index in [0.717, 1.165) is 31.7 Å². The van der Waals surface area contributed by atoms with Crippen molar-refractivity contribution in [2.45, 2.75) is 26.3 Å². The number of rotatable bonds is 1. The maximum Gasteiger partial charge on any atom is 0.186 e. The zero-order valence-electron chi connectivity index (χ0n) is 11.9. The maximum absolute atomic E-state index is 4.75. The molecular weight excluding hydrogens is 254 g/mol. The van der Waals surface area contributed by atoms with Gasteiger partial charge in [0, 0.05) is 31.7 Å². The first-order valence-electron chi connectivity index (χ1n) is 6.89. The monoisotopic (exact) mass is 275 g/mol. The van der Waals surface area contributed by atoms with Gasteiger partial charge in [0.05, 0.1) is 10.2 Å². The summed E-state index contributed by atoms with van der Waals surface area (Å²) in [6, 6.07) is 8.40. The predicted octanol–water partition coefficient (Wildman–Crippen LogP) is 3.22. The van der Waals surface area contributed by atoms with Crippen LogP contribution in [0.3, 0.4) is 0 Å². The number of piperazine rings is 1. The molecule has 1 aliphatic heterocycles. The summed E-state index contributed by atoms with van der Waals surface area (Å²) in [5, 5.41) is 1.18. The van der Waals surface area contributed by atoms with Crippen LogP contribution in [0.4, 0.5) is 5.13 Å². The molecule has 0 N–H and O–H groups in total. The highest BCUT2D eigenvalue weighted by Crippen LogP contribution is 2.29. The van der Waals surface area contributed by atoms with E-state index >= 15 is 0 Å². The topological polar surface area (TPSA) is 19.4 Å². The lowest BCUT2D eigenvalue weighted by atomic mass is 10.1. The molecule has 0 spiro atoms. The molecule has 2 heterocycles. The summed E-state index contributed by atoms with van der Waals surface area (Å²) in [6.07, 6.45) is 0. The van der Waals surface area contributed by atoms with Gasteiger partial charge >= 0.3 is 0 Å². The fourth-order valence-corrected chi connectivity index (χ4v) is 3.58. The Morgan fingerprint density at radius 3 is 2.37 bits per heavy atom. The molecule has 2 aromatic rings. The summed E-state index contributed by atoms with van der Waals surface area (Å²) < 4.78 is 1.29. The van der Waals surface area contributed by atoms with E-state index < -0.39 is 0 Å². The van der Waals surface area contributed by atoms with E-state index in [1.54, 1.807) is 0 Å². The first kappa shape index (κ1) is 12.9. The highest BCUT2D eigenvalue weighted by molar-refractivity contribution is 7.22. The number of para-hydroxylation sites is 1. The minimum Gasteiger partial charge on any atom is -0.345 e. The molecule has 0 bridgehead atoms. The van der Waals surface area contributed by atoms with Crippen molar-refractivity contribution >= 4 is 26.7 Å². The van der Waals surface area contributed by atoms with E-state index in [9.17, 15) is 0 Å². The second-order valence-electron chi connectivity index (χ2n) is 6.11. The molecule has 0 unspecified atom stereocenters. The van der Waals surface area contributed by atoms with Crippen LogP contribution < -0.4 is 4.90 Å².